The third kappa shape index (κ3) is 5.48. The molecular formula is C25H27N5O3S. The van der Waals surface area contributed by atoms with Crippen LogP contribution in [0.25, 0.3) is 5.78 Å². The van der Waals surface area contributed by atoms with Crippen molar-refractivity contribution in [2.24, 2.45) is 0 Å². The number of carbonyl (C=O) groups excluding carboxylic acids is 1. The minimum Gasteiger partial charge on any atom is -0.481 e. The summed E-state index contributed by atoms with van der Waals surface area (Å²) in [5.74, 6) is 1.27. The van der Waals surface area contributed by atoms with Crippen LogP contribution in [0.1, 0.15) is 31.5 Å². The van der Waals surface area contributed by atoms with Gasteiger partial charge >= 0.3 is 0 Å². The number of nitrogens with one attached hydrogen (secondary N) is 1. The summed E-state index contributed by atoms with van der Waals surface area (Å²) >= 11 is 1.49. The van der Waals surface area contributed by atoms with Crippen LogP contribution in [-0.4, -0.2) is 31.2 Å². The van der Waals surface area contributed by atoms with Crippen molar-refractivity contribution in [3.05, 3.63) is 82.5 Å². The van der Waals surface area contributed by atoms with Crippen molar-refractivity contribution in [3.63, 3.8) is 0 Å². The van der Waals surface area contributed by atoms with E-state index in [0.29, 0.717) is 35.2 Å². The molecule has 1 N–H and O–H groups in total. The van der Waals surface area contributed by atoms with Crippen LogP contribution in [0, 0.1) is 6.92 Å². The fraction of sp³-hybridized carbons (Fsp3) is 0.280. The maximum Gasteiger partial charge on any atom is 0.274 e. The molecule has 0 aliphatic rings. The van der Waals surface area contributed by atoms with Crippen molar-refractivity contribution < 1.29 is 9.53 Å². The lowest BCUT2D eigenvalue weighted by Crippen LogP contribution is -2.30. The summed E-state index contributed by atoms with van der Waals surface area (Å²) in [7, 11) is 0. The molecule has 1 amide bonds. The van der Waals surface area contributed by atoms with E-state index in [9.17, 15) is 9.59 Å². The summed E-state index contributed by atoms with van der Waals surface area (Å²) < 4.78 is 9.05. The highest BCUT2D eigenvalue weighted by Crippen LogP contribution is 2.29. The van der Waals surface area contributed by atoms with Gasteiger partial charge in [0, 0.05) is 23.3 Å². The number of aryl methyl sites for hydroxylation is 2. The fourth-order valence-electron chi connectivity index (χ4n) is 3.49. The van der Waals surface area contributed by atoms with Crippen LogP contribution in [0.5, 0.6) is 5.75 Å². The molecule has 0 aliphatic heterocycles. The highest BCUT2D eigenvalue weighted by Gasteiger charge is 2.17. The number of nitrogens with zero attached hydrogens (tertiary/aromatic N) is 4. The number of fused-ring (bicyclic) bond motifs is 1. The Bertz CT molecular complexity index is 1360. The Morgan fingerprint density at radius 3 is 2.79 bits per heavy atom. The fourth-order valence-corrected chi connectivity index (χ4v) is 4.39. The maximum absolute atomic E-state index is 12.8. The number of hydrogen-bond donors (Lipinski definition) is 1. The molecule has 0 saturated heterocycles. The van der Waals surface area contributed by atoms with E-state index in [1.165, 1.54) is 22.3 Å². The van der Waals surface area contributed by atoms with Crippen LogP contribution in [0.2, 0.25) is 0 Å². The quantitative estimate of drug-likeness (QED) is 0.361. The predicted octanol–water partition coefficient (Wildman–Crippen LogP) is 4.31. The van der Waals surface area contributed by atoms with E-state index in [0.717, 1.165) is 16.9 Å². The Kier molecular flexibility index (Phi) is 7.32. The molecule has 0 spiro atoms. The Labute approximate surface area is 202 Å². The maximum atomic E-state index is 12.8. The molecule has 2 aromatic carbocycles. The van der Waals surface area contributed by atoms with E-state index >= 15 is 0 Å². The van der Waals surface area contributed by atoms with Crippen molar-refractivity contribution in [1.29, 1.82) is 0 Å². The van der Waals surface area contributed by atoms with Gasteiger partial charge < -0.3 is 10.1 Å². The average molecular weight is 478 g/mol. The number of rotatable bonds is 9. The standard InChI is InChI=1S/C25H27N5O3S/c1-4-12-29-16-26-25-27-19(14-23(31)30(25)29)15-34-22-11-6-5-10-21(22)28-24(32)18(3)33-20-9-7-8-17(2)13-20/h5-11,13-14,16,18H,4,12,15H2,1-3H3,(H,28,32)/t18-/m0/s1. The second-order valence-corrected chi connectivity index (χ2v) is 8.97. The number of ether oxygens (including phenoxy) is 1. The van der Waals surface area contributed by atoms with E-state index in [4.69, 9.17) is 4.74 Å². The van der Waals surface area contributed by atoms with Gasteiger partial charge in [-0.05, 0) is 50.1 Å². The van der Waals surface area contributed by atoms with E-state index < -0.39 is 6.10 Å². The lowest BCUT2D eigenvalue weighted by molar-refractivity contribution is -0.122. The molecule has 4 rings (SSSR count). The number of aromatic nitrogens is 4. The monoisotopic (exact) mass is 477 g/mol. The number of hydrogen-bond acceptors (Lipinski definition) is 6. The predicted molar refractivity (Wildman–Crippen MR) is 133 cm³/mol. The van der Waals surface area contributed by atoms with Crippen LogP contribution in [0.4, 0.5) is 5.69 Å². The van der Waals surface area contributed by atoms with E-state index in [1.54, 1.807) is 17.9 Å². The van der Waals surface area contributed by atoms with Crippen LogP contribution in [-0.2, 0) is 17.1 Å². The number of thioether (sulfide) groups is 1. The summed E-state index contributed by atoms with van der Waals surface area (Å²) in [4.78, 5) is 35.0. The lowest BCUT2D eigenvalue weighted by atomic mass is 10.2. The molecule has 0 saturated carbocycles. The van der Waals surface area contributed by atoms with Crippen molar-refractivity contribution in [1.82, 2.24) is 19.2 Å². The number of amides is 1. The van der Waals surface area contributed by atoms with Crippen LogP contribution < -0.4 is 15.6 Å². The summed E-state index contributed by atoms with van der Waals surface area (Å²) in [6.07, 6.45) is 1.86. The summed E-state index contributed by atoms with van der Waals surface area (Å²) in [5, 5.41) is 2.95. The first kappa shape index (κ1) is 23.6. The number of benzene rings is 2. The molecule has 0 bridgehead atoms. The number of para-hydroxylation sites is 1. The normalized spacial score (nSPS) is 12.0. The molecule has 34 heavy (non-hydrogen) atoms. The SMILES string of the molecule is CCCn1cnc2nc(CSc3ccccc3NC(=O)[C@H](C)Oc3cccc(C)c3)cc(=O)n21. The third-order valence-electron chi connectivity index (χ3n) is 5.14. The topological polar surface area (TPSA) is 90.5 Å². The third-order valence-corrected chi connectivity index (χ3v) is 6.25. The molecule has 9 heteroatoms. The molecule has 0 aliphatic carbocycles. The van der Waals surface area contributed by atoms with Crippen LogP contribution >= 0.6 is 11.8 Å². The Hall–Kier alpha value is -3.59. The number of carbonyl (C=O) groups is 1. The smallest absolute Gasteiger partial charge is 0.274 e. The molecule has 4 aromatic rings. The summed E-state index contributed by atoms with van der Waals surface area (Å²) in [6, 6.07) is 16.7. The Balaban J connectivity index is 1.44. The zero-order valence-corrected chi connectivity index (χ0v) is 20.2. The van der Waals surface area contributed by atoms with Crippen molar-refractivity contribution in [2.75, 3.05) is 5.32 Å². The highest BCUT2D eigenvalue weighted by atomic mass is 32.2. The molecule has 2 heterocycles. The van der Waals surface area contributed by atoms with Gasteiger partial charge in [0.15, 0.2) is 6.10 Å². The molecule has 8 nitrogen and oxygen atoms in total. The van der Waals surface area contributed by atoms with Gasteiger partial charge in [-0.1, -0.05) is 31.2 Å². The molecule has 176 valence electrons. The van der Waals surface area contributed by atoms with Crippen LogP contribution in [0.3, 0.4) is 0 Å². The highest BCUT2D eigenvalue weighted by molar-refractivity contribution is 7.98. The second kappa shape index (κ2) is 10.6. The number of anilines is 1. The summed E-state index contributed by atoms with van der Waals surface area (Å²) in [6.45, 7) is 6.44. The molecule has 0 fully saturated rings. The molecule has 0 radical (unpaired) electrons. The van der Waals surface area contributed by atoms with E-state index in [2.05, 4.69) is 15.3 Å². The van der Waals surface area contributed by atoms with Crippen molar-refractivity contribution in [3.8, 4) is 5.75 Å². The van der Waals surface area contributed by atoms with Gasteiger partial charge in [-0.2, -0.15) is 9.50 Å². The van der Waals surface area contributed by atoms with Gasteiger partial charge in [-0.3, -0.25) is 14.3 Å². The van der Waals surface area contributed by atoms with Crippen molar-refractivity contribution in [2.45, 2.75) is 50.5 Å². The largest absolute Gasteiger partial charge is 0.481 e. The minimum absolute atomic E-state index is 0.157. The minimum atomic E-state index is -0.665. The lowest BCUT2D eigenvalue weighted by Gasteiger charge is -2.16. The van der Waals surface area contributed by atoms with Gasteiger partial charge in [-0.15, -0.1) is 11.8 Å². The zero-order valence-electron chi connectivity index (χ0n) is 19.4. The van der Waals surface area contributed by atoms with Gasteiger partial charge in [0.05, 0.1) is 11.4 Å². The van der Waals surface area contributed by atoms with Crippen molar-refractivity contribution >= 4 is 29.1 Å². The first-order valence-electron chi connectivity index (χ1n) is 11.1. The van der Waals surface area contributed by atoms with E-state index in [1.807, 2.05) is 62.4 Å². The molecule has 2 aromatic heterocycles. The van der Waals surface area contributed by atoms with Gasteiger partial charge in [0.2, 0.25) is 0 Å². The first-order valence-corrected chi connectivity index (χ1v) is 12.1. The summed E-state index contributed by atoms with van der Waals surface area (Å²) in [5.41, 5.74) is 2.22. The molecular weight excluding hydrogens is 450 g/mol. The molecule has 0 unspecified atom stereocenters. The Morgan fingerprint density at radius 2 is 2.00 bits per heavy atom. The first-order chi connectivity index (χ1) is 16.4. The molecule has 1 atom stereocenters. The van der Waals surface area contributed by atoms with E-state index in [-0.39, 0.29) is 11.5 Å². The van der Waals surface area contributed by atoms with Gasteiger partial charge in [-0.25, -0.2) is 4.98 Å². The second-order valence-electron chi connectivity index (χ2n) is 7.96. The van der Waals surface area contributed by atoms with Gasteiger partial charge in [0.25, 0.3) is 17.2 Å². The van der Waals surface area contributed by atoms with Crippen LogP contribution in [0.15, 0.2) is 70.6 Å². The average Bonchev–Trinajstić information content (AvgIpc) is 3.22. The van der Waals surface area contributed by atoms with Gasteiger partial charge in [0.1, 0.15) is 12.1 Å². The zero-order chi connectivity index (χ0) is 24.1. The Morgan fingerprint density at radius 1 is 1.18 bits per heavy atom.